The van der Waals surface area contributed by atoms with Gasteiger partial charge in [-0.25, -0.2) is 0 Å². The molecule has 146 valence electrons. The van der Waals surface area contributed by atoms with Gasteiger partial charge in [0.1, 0.15) is 0 Å². The van der Waals surface area contributed by atoms with Crippen LogP contribution < -0.4 is 5.32 Å². The minimum absolute atomic E-state index is 0.336. The van der Waals surface area contributed by atoms with Crippen LogP contribution in [0.2, 0.25) is 0 Å². The van der Waals surface area contributed by atoms with Gasteiger partial charge in [0, 0.05) is 32.8 Å². The lowest BCUT2D eigenvalue weighted by Crippen LogP contribution is -2.47. The quantitative estimate of drug-likeness (QED) is 0.392. The molecular formula is C20H39N3O2. The lowest BCUT2D eigenvalue weighted by Gasteiger charge is -2.34. The molecule has 0 amide bonds. The minimum Gasteiger partial charge on any atom is -0.376 e. The van der Waals surface area contributed by atoms with Gasteiger partial charge < -0.3 is 19.7 Å². The van der Waals surface area contributed by atoms with Gasteiger partial charge in [0.05, 0.1) is 18.8 Å². The molecule has 5 nitrogen and oxygen atoms in total. The van der Waals surface area contributed by atoms with Crippen molar-refractivity contribution >= 4 is 5.96 Å². The van der Waals surface area contributed by atoms with Crippen LogP contribution >= 0.6 is 0 Å². The second-order valence-corrected chi connectivity index (χ2v) is 7.78. The maximum Gasteiger partial charge on any atom is 0.193 e. The Hall–Kier alpha value is -0.810. The molecule has 0 aromatic carbocycles. The van der Waals surface area contributed by atoms with Gasteiger partial charge in [-0.3, -0.25) is 4.99 Å². The zero-order chi connectivity index (χ0) is 17.9. The fourth-order valence-corrected chi connectivity index (χ4v) is 3.53. The zero-order valence-electron chi connectivity index (χ0n) is 16.6. The number of nitrogens with one attached hydrogen (secondary N) is 1. The maximum atomic E-state index is 6.08. The number of unbranched alkanes of at least 4 members (excludes halogenated alkanes) is 1. The van der Waals surface area contributed by atoms with Gasteiger partial charge in [-0.2, -0.15) is 0 Å². The molecule has 0 radical (unpaired) electrons. The van der Waals surface area contributed by atoms with E-state index in [4.69, 9.17) is 14.5 Å². The van der Waals surface area contributed by atoms with Crippen LogP contribution in [0, 0.1) is 5.92 Å². The molecule has 0 spiro atoms. The van der Waals surface area contributed by atoms with Crippen LogP contribution in [0.25, 0.3) is 0 Å². The molecule has 2 heterocycles. The van der Waals surface area contributed by atoms with Crippen molar-refractivity contribution in [3.8, 4) is 0 Å². The number of guanidine groups is 1. The van der Waals surface area contributed by atoms with Gasteiger partial charge in [0.15, 0.2) is 5.96 Å². The molecule has 1 unspecified atom stereocenters. The molecule has 0 aromatic rings. The van der Waals surface area contributed by atoms with Crippen molar-refractivity contribution in [2.75, 3.05) is 39.4 Å². The highest BCUT2D eigenvalue weighted by Crippen LogP contribution is 2.18. The minimum atomic E-state index is 0.336. The third kappa shape index (κ3) is 7.95. The van der Waals surface area contributed by atoms with Crippen molar-refractivity contribution in [2.24, 2.45) is 10.9 Å². The summed E-state index contributed by atoms with van der Waals surface area (Å²) in [6.45, 7) is 12.3. The summed E-state index contributed by atoms with van der Waals surface area (Å²) in [5.74, 6) is 1.88. The van der Waals surface area contributed by atoms with Crippen LogP contribution in [0.3, 0.4) is 0 Å². The van der Waals surface area contributed by atoms with Crippen LogP contribution in [0.1, 0.15) is 65.7 Å². The Bertz CT molecular complexity index is 373. The Morgan fingerprint density at radius 3 is 2.68 bits per heavy atom. The van der Waals surface area contributed by atoms with Crippen molar-refractivity contribution in [3.63, 3.8) is 0 Å². The number of hydrogen-bond acceptors (Lipinski definition) is 3. The van der Waals surface area contributed by atoms with Gasteiger partial charge in [0.2, 0.25) is 0 Å². The first-order valence-electron chi connectivity index (χ1n) is 10.5. The molecule has 0 aromatic heterocycles. The highest BCUT2D eigenvalue weighted by atomic mass is 16.5. The molecule has 0 bridgehead atoms. The van der Waals surface area contributed by atoms with Gasteiger partial charge >= 0.3 is 0 Å². The molecular weight excluding hydrogens is 314 g/mol. The van der Waals surface area contributed by atoms with Gasteiger partial charge in [-0.1, -0.05) is 26.7 Å². The monoisotopic (exact) mass is 353 g/mol. The standard InChI is InChI=1S/C20H39N3O2/c1-4-21-20(22-12-6-5-8-17(2)3)23-13-10-18(11-14-23)25-16-19-9-7-15-24-19/h17-19H,4-16H2,1-3H3,(H,21,22). The second-order valence-electron chi connectivity index (χ2n) is 7.78. The number of ether oxygens (including phenoxy) is 2. The second kappa shape index (κ2) is 11.7. The molecule has 1 N–H and O–H groups in total. The van der Waals surface area contributed by atoms with Gasteiger partial charge in [0.25, 0.3) is 0 Å². The van der Waals surface area contributed by atoms with Crippen molar-refractivity contribution in [2.45, 2.75) is 77.9 Å². The normalized spacial score (nSPS) is 22.8. The average Bonchev–Trinajstić information content (AvgIpc) is 3.12. The first kappa shape index (κ1) is 20.5. The van der Waals surface area contributed by atoms with Gasteiger partial charge in [-0.15, -0.1) is 0 Å². The number of hydrogen-bond donors (Lipinski definition) is 1. The van der Waals surface area contributed by atoms with Crippen LogP contribution in [-0.2, 0) is 9.47 Å². The molecule has 2 saturated heterocycles. The van der Waals surface area contributed by atoms with E-state index in [-0.39, 0.29) is 0 Å². The van der Waals surface area contributed by atoms with Gasteiger partial charge in [-0.05, 0) is 44.9 Å². The summed E-state index contributed by atoms with van der Waals surface area (Å²) >= 11 is 0. The SMILES string of the molecule is CCNC(=NCCCCC(C)C)N1CCC(OCC2CCCO2)CC1. The number of likely N-dealkylation sites (tertiary alicyclic amines) is 1. The fraction of sp³-hybridized carbons (Fsp3) is 0.950. The molecule has 2 aliphatic rings. The van der Waals surface area contributed by atoms with Crippen molar-refractivity contribution in [1.29, 1.82) is 0 Å². The van der Waals surface area contributed by atoms with Crippen molar-refractivity contribution < 1.29 is 9.47 Å². The molecule has 0 aliphatic carbocycles. The van der Waals surface area contributed by atoms with E-state index in [9.17, 15) is 0 Å². The van der Waals surface area contributed by atoms with E-state index >= 15 is 0 Å². The lowest BCUT2D eigenvalue weighted by molar-refractivity contribution is -0.0367. The van der Waals surface area contributed by atoms with E-state index in [1.54, 1.807) is 0 Å². The number of piperidine rings is 1. The van der Waals surface area contributed by atoms with Crippen molar-refractivity contribution in [1.82, 2.24) is 10.2 Å². The Balaban J connectivity index is 1.67. The maximum absolute atomic E-state index is 6.08. The number of rotatable bonds is 9. The summed E-state index contributed by atoms with van der Waals surface area (Å²) in [5.41, 5.74) is 0. The summed E-state index contributed by atoms with van der Waals surface area (Å²) < 4.78 is 11.7. The van der Waals surface area contributed by atoms with Crippen LogP contribution in [0.5, 0.6) is 0 Å². The Labute approximate surface area is 154 Å². The van der Waals surface area contributed by atoms with Crippen LogP contribution in [0.15, 0.2) is 4.99 Å². The summed E-state index contributed by atoms with van der Waals surface area (Å²) in [6, 6.07) is 0. The van der Waals surface area contributed by atoms with E-state index in [1.165, 1.54) is 25.7 Å². The first-order chi connectivity index (χ1) is 12.2. The molecule has 2 rings (SSSR count). The first-order valence-corrected chi connectivity index (χ1v) is 10.5. The van der Waals surface area contributed by atoms with E-state index < -0.39 is 0 Å². The summed E-state index contributed by atoms with van der Waals surface area (Å²) in [6.07, 6.45) is 9.01. The number of nitrogens with zero attached hydrogens (tertiary/aromatic N) is 2. The Morgan fingerprint density at radius 2 is 2.04 bits per heavy atom. The van der Waals surface area contributed by atoms with E-state index in [0.29, 0.717) is 12.2 Å². The molecule has 1 atom stereocenters. The molecule has 5 heteroatoms. The van der Waals surface area contributed by atoms with Crippen LogP contribution in [-0.4, -0.2) is 62.5 Å². The Morgan fingerprint density at radius 1 is 1.24 bits per heavy atom. The summed E-state index contributed by atoms with van der Waals surface area (Å²) in [5, 5.41) is 3.46. The average molecular weight is 354 g/mol. The van der Waals surface area contributed by atoms with E-state index in [2.05, 4.69) is 31.0 Å². The molecule has 2 aliphatic heterocycles. The third-order valence-electron chi connectivity index (χ3n) is 5.07. The predicted molar refractivity (Wildman–Crippen MR) is 104 cm³/mol. The van der Waals surface area contributed by atoms with Crippen molar-refractivity contribution in [3.05, 3.63) is 0 Å². The van der Waals surface area contributed by atoms with E-state index in [0.717, 1.165) is 70.5 Å². The topological polar surface area (TPSA) is 46.1 Å². The molecule has 0 saturated carbocycles. The van der Waals surface area contributed by atoms with Crippen LogP contribution in [0.4, 0.5) is 0 Å². The summed E-state index contributed by atoms with van der Waals surface area (Å²) in [7, 11) is 0. The van der Waals surface area contributed by atoms with E-state index in [1.807, 2.05) is 0 Å². The fourth-order valence-electron chi connectivity index (χ4n) is 3.53. The smallest absolute Gasteiger partial charge is 0.193 e. The lowest BCUT2D eigenvalue weighted by atomic mass is 10.1. The Kier molecular flexibility index (Phi) is 9.63. The molecule has 2 fully saturated rings. The number of aliphatic imine (C=N–C) groups is 1. The largest absolute Gasteiger partial charge is 0.376 e. The zero-order valence-corrected chi connectivity index (χ0v) is 16.6. The predicted octanol–water partition coefficient (Wildman–Crippen LogP) is 3.44. The highest BCUT2D eigenvalue weighted by Gasteiger charge is 2.24. The summed E-state index contributed by atoms with van der Waals surface area (Å²) in [4.78, 5) is 7.24. The third-order valence-corrected chi connectivity index (χ3v) is 5.07. The highest BCUT2D eigenvalue weighted by molar-refractivity contribution is 5.80. The molecule has 25 heavy (non-hydrogen) atoms.